The molecule has 0 fully saturated rings. The maximum Gasteiger partial charge on any atom is 0.213 e. The van der Waals surface area contributed by atoms with Crippen LogP contribution in [0.5, 0.6) is 0 Å². The highest BCUT2D eigenvalue weighted by Gasteiger charge is 2.28. The summed E-state index contributed by atoms with van der Waals surface area (Å²) >= 11 is 1.40. The van der Waals surface area contributed by atoms with Gasteiger partial charge in [-0.25, -0.2) is 0 Å². The number of hydrogen-bond acceptors (Lipinski definition) is 5. The molecule has 1 aliphatic heterocycles. The third-order valence-corrected chi connectivity index (χ3v) is 4.53. The van der Waals surface area contributed by atoms with Gasteiger partial charge in [-0.15, -0.1) is 10.2 Å². The molecule has 102 valence electrons. The zero-order chi connectivity index (χ0) is 14.3. The molecule has 0 bridgehead atoms. The predicted molar refractivity (Wildman–Crippen MR) is 79.0 cm³/mol. The second-order valence-electron chi connectivity index (χ2n) is 4.83. The number of ketones is 1. The van der Waals surface area contributed by atoms with Crippen molar-refractivity contribution in [1.29, 1.82) is 0 Å². The fourth-order valence-corrected chi connectivity index (χ4v) is 3.00. The first-order valence-electron chi connectivity index (χ1n) is 6.31. The summed E-state index contributed by atoms with van der Waals surface area (Å²) in [5.41, 5.74) is 2.94. The number of Topliss-reactive ketones (excluding diaryl/α,β-unsaturated/α-hetero) is 1. The molecule has 1 atom stereocenters. The topological polar surface area (TPSA) is 60.1 Å². The van der Waals surface area contributed by atoms with Crippen LogP contribution < -0.4 is 0 Å². The molecule has 0 saturated carbocycles. The molecule has 2 heterocycles. The molecule has 1 aliphatic rings. The van der Waals surface area contributed by atoms with Gasteiger partial charge in [-0.2, -0.15) is 9.78 Å². The molecule has 6 heteroatoms. The molecule has 1 aromatic heterocycles. The van der Waals surface area contributed by atoms with Gasteiger partial charge in [0, 0.05) is 5.56 Å². The minimum atomic E-state index is -0.252. The number of nitrogens with zero attached hydrogens (tertiary/aromatic N) is 4. The smallest absolute Gasteiger partial charge is 0.213 e. The fourth-order valence-electron chi connectivity index (χ4n) is 2.09. The molecule has 0 aliphatic carbocycles. The van der Waals surface area contributed by atoms with Crippen LogP contribution in [0.1, 0.15) is 19.4 Å². The van der Waals surface area contributed by atoms with Gasteiger partial charge in [0.25, 0.3) is 0 Å². The van der Waals surface area contributed by atoms with E-state index in [1.54, 1.807) is 11.6 Å². The van der Waals surface area contributed by atoms with Gasteiger partial charge in [0.15, 0.2) is 5.82 Å². The monoisotopic (exact) mass is 286 g/mol. The van der Waals surface area contributed by atoms with Crippen molar-refractivity contribution in [2.45, 2.75) is 31.2 Å². The molecule has 5 nitrogen and oxygen atoms in total. The van der Waals surface area contributed by atoms with E-state index in [0.29, 0.717) is 11.0 Å². The largest absolute Gasteiger partial charge is 0.298 e. The van der Waals surface area contributed by atoms with Crippen molar-refractivity contribution in [3.05, 3.63) is 29.8 Å². The third-order valence-electron chi connectivity index (χ3n) is 3.15. The van der Waals surface area contributed by atoms with Crippen LogP contribution in [0.15, 0.2) is 34.5 Å². The number of aromatic nitrogens is 3. The first-order chi connectivity index (χ1) is 9.56. The average Bonchev–Trinajstić information content (AvgIpc) is 2.81. The van der Waals surface area contributed by atoms with Gasteiger partial charge in [0.05, 0.1) is 5.71 Å². The molecule has 20 heavy (non-hydrogen) atoms. The highest BCUT2D eigenvalue weighted by Crippen LogP contribution is 2.31. The summed E-state index contributed by atoms with van der Waals surface area (Å²) in [4.78, 5) is 11.6. The molecule has 0 unspecified atom stereocenters. The number of rotatable bonds is 2. The van der Waals surface area contributed by atoms with E-state index in [-0.39, 0.29) is 11.0 Å². The van der Waals surface area contributed by atoms with E-state index >= 15 is 0 Å². The Hall–Kier alpha value is -1.95. The summed E-state index contributed by atoms with van der Waals surface area (Å²) in [5.74, 6) is 0.788. The molecule has 0 saturated heterocycles. The Bertz CT molecular complexity index is 702. The number of aryl methyl sites for hydroxylation is 1. The van der Waals surface area contributed by atoms with Crippen molar-refractivity contribution < 1.29 is 4.79 Å². The molecule has 0 radical (unpaired) electrons. The number of carbonyl (C=O) groups is 1. The van der Waals surface area contributed by atoms with E-state index in [0.717, 1.165) is 11.3 Å². The predicted octanol–water partition coefficient (Wildman–Crippen LogP) is 2.54. The van der Waals surface area contributed by atoms with Gasteiger partial charge in [0.1, 0.15) is 11.0 Å². The van der Waals surface area contributed by atoms with Crippen molar-refractivity contribution in [2.24, 2.45) is 5.10 Å². The molecule has 3 rings (SSSR count). The number of hydrogen-bond donors (Lipinski definition) is 0. The Labute approximate surface area is 121 Å². The Balaban J connectivity index is 2.05. The van der Waals surface area contributed by atoms with Crippen molar-refractivity contribution in [3.8, 4) is 11.4 Å². The molecule has 0 N–H and O–H groups in total. The number of benzene rings is 1. The molecular weight excluding hydrogens is 272 g/mol. The summed E-state index contributed by atoms with van der Waals surface area (Å²) in [7, 11) is 0. The maximum absolute atomic E-state index is 11.6. The summed E-state index contributed by atoms with van der Waals surface area (Å²) in [5, 5.41) is 13.2. The van der Waals surface area contributed by atoms with Crippen LogP contribution in [-0.4, -0.2) is 31.6 Å². The summed E-state index contributed by atoms with van der Waals surface area (Å²) < 4.78 is 1.71. The lowest BCUT2D eigenvalue weighted by molar-refractivity contribution is -0.115. The van der Waals surface area contributed by atoms with E-state index < -0.39 is 0 Å². The van der Waals surface area contributed by atoms with Gasteiger partial charge >= 0.3 is 0 Å². The number of carbonyl (C=O) groups excluding carboxylic acids is 1. The lowest BCUT2D eigenvalue weighted by Crippen LogP contribution is -2.27. The van der Waals surface area contributed by atoms with Crippen molar-refractivity contribution in [1.82, 2.24) is 14.9 Å². The lowest BCUT2D eigenvalue weighted by Gasteiger charge is -2.18. The number of thioether (sulfide) groups is 1. The molecule has 0 spiro atoms. The minimum Gasteiger partial charge on any atom is -0.298 e. The van der Waals surface area contributed by atoms with Crippen LogP contribution in [-0.2, 0) is 4.79 Å². The van der Waals surface area contributed by atoms with E-state index in [9.17, 15) is 4.79 Å². The second kappa shape index (κ2) is 4.86. The zero-order valence-electron chi connectivity index (χ0n) is 11.5. The summed E-state index contributed by atoms with van der Waals surface area (Å²) in [6.07, 6.45) is 0. The van der Waals surface area contributed by atoms with Crippen LogP contribution >= 0.6 is 11.8 Å². The second-order valence-corrected chi connectivity index (χ2v) is 5.91. The first-order valence-corrected chi connectivity index (χ1v) is 7.19. The van der Waals surface area contributed by atoms with Gasteiger partial charge in [-0.1, -0.05) is 41.6 Å². The van der Waals surface area contributed by atoms with E-state index in [2.05, 4.69) is 15.3 Å². The van der Waals surface area contributed by atoms with E-state index in [1.165, 1.54) is 17.3 Å². The molecule has 2 aromatic rings. The fraction of sp³-hybridized carbons (Fsp3) is 0.286. The third kappa shape index (κ3) is 2.16. The Morgan fingerprint density at radius 2 is 1.90 bits per heavy atom. The van der Waals surface area contributed by atoms with Crippen LogP contribution in [0, 0.1) is 6.92 Å². The minimum absolute atomic E-state index is 0.0855. The molecule has 1 aromatic carbocycles. The van der Waals surface area contributed by atoms with Crippen LogP contribution in [0.25, 0.3) is 11.4 Å². The van der Waals surface area contributed by atoms with Crippen LogP contribution in [0.4, 0.5) is 0 Å². The normalized spacial score (nSPS) is 17.6. The van der Waals surface area contributed by atoms with Crippen molar-refractivity contribution in [3.63, 3.8) is 0 Å². The van der Waals surface area contributed by atoms with Gasteiger partial charge < -0.3 is 0 Å². The van der Waals surface area contributed by atoms with Crippen LogP contribution in [0.3, 0.4) is 0 Å². The quantitative estimate of drug-likeness (QED) is 0.851. The molecular formula is C14H14N4OS. The standard InChI is InChI=1S/C14H14N4OS/c1-8-4-6-11(7-5-8)13-15-16-14-18(13)17-9(2)12(20-14)10(3)19/h4-7,12H,1-3H3/t12-/m1/s1. The van der Waals surface area contributed by atoms with Gasteiger partial charge in [-0.3, -0.25) is 4.79 Å². The first kappa shape index (κ1) is 13.1. The molecule has 0 amide bonds. The zero-order valence-corrected chi connectivity index (χ0v) is 12.3. The highest BCUT2D eigenvalue weighted by molar-refractivity contribution is 8.01. The van der Waals surface area contributed by atoms with Crippen molar-refractivity contribution in [2.75, 3.05) is 0 Å². The number of fused-ring (bicyclic) bond motifs is 1. The van der Waals surface area contributed by atoms with Crippen LogP contribution in [0.2, 0.25) is 0 Å². The van der Waals surface area contributed by atoms with Gasteiger partial charge in [-0.05, 0) is 20.8 Å². The Morgan fingerprint density at radius 3 is 2.55 bits per heavy atom. The SMILES string of the molecule is CC(=O)[C@@H]1Sc2nnc(-c3ccc(C)cc3)n2N=C1C. The lowest BCUT2D eigenvalue weighted by atomic mass is 10.1. The Kier molecular flexibility index (Phi) is 3.17. The average molecular weight is 286 g/mol. The van der Waals surface area contributed by atoms with Gasteiger partial charge in [0.2, 0.25) is 5.16 Å². The highest BCUT2D eigenvalue weighted by atomic mass is 32.2. The Morgan fingerprint density at radius 1 is 1.20 bits per heavy atom. The van der Waals surface area contributed by atoms with Crippen molar-refractivity contribution >= 4 is 23.3 Å². The summed E-state index contributed by atoms with van der Waals surface area (Å²) in [6, 6.07) is 8.06. The van der Waals surface area contributed by atoms with E-state index in [1.807, 2.05) is 38.1 Å². The van der Waals surface area contributed by atoms with E-state index in [4.69, 9.17) is 0 Å². The maximum atomic E-state index is 11.6. The summed E-state index contributed by atoms with van der Waals surface area (Å²) in [6.45, 7) is 5.48.